The van der Waals surface area contributed by atoms with Gasteiger partial charge in [0.05, 0.1) is 12.2 Å². The molecule has 0 bridgehead atoms. The SMILES string of the molecule is NCCn1cc(CNC2(C(F)(F)F)CC2)nn1. The van der Waals surface area contributed by atoms with Gasteiger partial charge in [0.2, 0.25) is 0 Å². The summed E-state index contributed by atoms with van der Waals surface area (Å²) in [5.74, 6) is 0. The van der Waals surface area contributed by atoms with Crippen molar-refractivity contribution in [2.45, 2.75) is 37.6 Å². The minimum absolute atomic E-state index is 0.0735. The number of halogens is 3. The van der Waals surface area contributed by atoms with Crippen LogP contribution in [-0.2, 0) is 13.1 Å². The van der Waals surface area contributed by atoms with E-state index in [0.29, 0.717) is 18.8 Å². The molecule has 0 saturated heterocycles. The molecule has 0 unspecified atom stereocenters. The molecule has 2 rings (SSSR count). The lowest BCUT2D eigenvalue weighted by Gasteiger charge is -2.19. The van der Waals surface area contributed by atoms with Crippen LogP contribution < -0.4 is 11.1 Å². The molecule has 1 saturated carbocycles. The lowest BCUT2D eigenvalue weighted by Crippen LogP contribution is -2.44. The molecule has 1 aliphatic carbocycles. The lowest BCUT2D eigenvalue weighted by molar-refractivity contribution is -0.166. The van der Waals surface area contributed by atoms with Crippen LogP contribution in [0.5, 0.6) is 0 Å². The van der Waals surface area contributed by atoms with Gasteiger partial charge in [-0.25, -0.2) is 0 Å². The number of hydrogen-bond donors (Lipinski definition) is 2. The zero-order chi connectivity index (χ0) is 12.5. The molecular formula is C9H14F3N5. The van der Waals surface area contributed by atoms with Crippen molar-refractivity contribution < 1.29 is 13.2 Å². The van der Waals surface area contributed by atoms with Crippen LogP contribution in [0.2, 0.25) is 0 Å². The Bertz CT molecular complexity index is 382. The van der Waals surface area contributed by atoms with E-state index in [4.69, 9.17) is 5.73 Å². The third-order valence-corrected chi connectivity index (χ3v) is 2.84. The van der Waals surface area contributed by atoms with Crippen LogP contribution in [0.15, 0.2) is 6.20 Å². The minimum atomic E-state index is -4.19. The van der Waals surface area contributed by atoms with E-state index < -0.39 is 11.7 Å². The normalized spacial score (nSPS) is 18.4. The molecule has 1 aliphatic rings. The average molecular weight is 249 g/mol. The minimum Gasteiger partial charge on any atom is -0.329 e. The van der Waals surface area contributed by atoms with Crippen molar-refractivity contribution in [2.75, 3.05) is 6.54 Å². The van der Waals surface area contributed by atoms with Gasteiger partial charge in [-0.3, -0.25) is 10.00 Å². The van der Waals surface area contributed by atoms with Crippen molar-refractivity contribution in [3.8, 4) is 0 Å². The molecule has 96 valence electrons. The van der Waals surface area contributed by atoms with Crippen molar-refractivity contribution in [1.29, 1.82) is 0 Å². The number of nitrogens with zero attached hydrogens (tertiary/aromatic N) is 3. The standard InChI is InChI=1S/C9H14F3N5/c10-9(11,12)8(1-2-8)14-5-7-6-17(4-3-13)16-15-7/h6,14H,1-5,13H2. The van der Waals surface area contributed by atoms with Crippen LogP contribution in [0, 0.1) is 0 Å². The number of rotatable bonds is 5. The van der Waals surface area contributed by atoms with Crippen LogP contribution in [0.1, 0.15) is 18.5 Å². The summed E-state index contributed by atoms with van der Waals surface area (Å²) < 4.78 is 39.3. The molecule has 5 nitrogen and oxygen atoms in total. The maximum atomic E-state index is 12.6. The first-order valence-electron chi connectivity index (χ1n) is 5.38. The summed E-state index contributed by atoms with van der Waals surface area (Å²) in [5.41, 5.74) is 4.12. The second-order valence-electron chi connectivity index (χ2n) is 4.20. The molecule has 0 aromatic carbocycles. The van der Waals surface area contributed by atoms with E-state index in [1.807, 2.05) is 0 Å². The molecule has 0 amide bonds. The summed E-state index contributed by atoms with van der Waals surface area (Å²) in [6.45, 7) is 1.00. The van der Waals surface area contributed by atoms with E-state index in [-0.39, 0.29) is 19.4 Å². The number of alkyl halides is 3. The summed E-state index contributed by atoms with van der Waals surface area (Å²) in [6.07, 6.45) is -2.33. The van der Waals surface area contributed by atoms with Gasteiger partial charge < -0.3 is 5.73 Å². The van der Waals surface area contributed by atoms with Gasteiger partial charge in [-0.1, -0.05) is 5.21 Å². The molecule has 8 heteroatoms. The number of aromatic nitrogens is 3. The number of hydrogen-bond acceptors (Lipinski definition) is 4. The van der Waals surface area contributed by atoms with Crippen molar-refractivity contribution >= 4 is 0 Å². The van der Waals surface area contributed by atoms with Crippen LogP contribution in [0.3, 0.4) is 0 Å². The smallest absolute Gasteiger partial charge is 0.329 e. The van der Waals surface area contributed by atoms with Crippen molar-refractivity contribution in [2.24, 2.45) is 5.73 Å². The van der Waals surface area contributed by atoms with Crippen LogP contribution >= 0.6 is 0 Å². The highest BCUT2D eigenvalue weighted by Gasteiger charge is 2.62. The van der Waals surface area contributed by atoms with E-state index in [1.54, 1.807) is 6.20 Å². The highest BCUT2D eigenvalue weighted by Crippen LogP contribution is 2.48. The van der Waals surface area contributed by atoms with Gasteiger partial charge in [0.25, 0.3) is 0 Å². The summed E-state index contributed by atoms with van der Waals surface area (Å²) in [6, 6.07) is 0. The van der Waals surface area contributed by atoms with Gasteiger partial charge in [0.1, 0.15) is 5.54 Å². The van der Waals surface area contributed by atoms with Gasteiger partial charge in [0.15, 0.2) is 0 Å². The van der Waals surface area contributed by atoms with E-state index >= 15 is 0 Å². The first kappa shape index (κ1) is 12.3. The Balaban J connectivity index is 1.90. The molecule has 0 aliphatic heterocycles. The molecule has 0 spiro atoms. The van der Waals surface area contributed by atoms with Crippen LogP contribution in [0.25, 0.3) is 0 Å². The molecule has 1 fully saturated rings. The van der Waals surface area contributed by atoms with Gasteiger partial charge in [0, 0.05) is 19.3 Å². The predicted octanol–water partition coefficient (Wildman–Crippen LogP) is 0.421. The van der Waals surface area contributed by atoms with Crippen molar-refractivity contribution in [1.82, 2.24) is 20.3 Å². The maximum absolute atomic E-state index is 12.6. The number of nitrogens with two attached hydrogens (primary N) is 1. The van der Waals surface area contributed by atoms with Gasteiger partial charge >= 0.3 is 6.18 Å². The van der Waals surface area contributed by atoms with E-state index in [9.17, 15) is 13.2 Å². The fourth-order valence-electron chi connectivity index (χ4n) is 1.61. The van der Waals surface area contributed by atoms with Crippen LogP contribution in [0.4, 0.5) is 13.2 Å². The Morgan fingerprint density at radius 3 is 2.71 bits per heavy atom. The highest BCUT2D eigenvalue weighted by atomic mass is 19.4. The Labute approximate surface area is 96.2 Å². The summed E-state index contributed by atoms with van der Waals surface area (Å²) >= 11 is 0. The first-order valence-corrected chi connectivity index (χ1v) is 5.38. The molecule has 17 heavy (non-hydrogen) atoms. The monoisotopic (exact) mass is 249 g/mol. The summed E-state index contributed by atoms with van der Waals surface area (Å²) in [7, 11) is 0. The second-order valence-corrected chi connectivity index (χ2v) is 4.20. The molecule has 1 heterocycles. The van der Waals surface area contributed by atoms with Crippen molar-refractivity contribution in [3.63, 3.8) is 0 Å². The lowest BCUT2D eigenvalue weighted by atomic mass is 10.2. The second kappa shape index (κ2) is 4.26. The Kier molecular flexibility index (Phi) is 3.09. The molecule has 1 aromatic rings. The zero-order valence-electron chi connectivity index (χ0n) is 9.17. The third kappa shape index (κ3) is 2.58. The highest BCUT2D eigenvalue weighted by molar-refractivity contribution is 5.09. The van der Waals surface area contributed by atoms with Gasteiger partial charge in [-0.05, 0) is 12.8 Å². The fraction of sp³-hybridized carbons (Fsp3) is 0.778. The van der Waals surface area contributed by atoms with E-state index in [2.05, 4.69) is 15.6 Å². The van der Waals surface area contributed by atoms with Gasteiger partial charge in [-0.2, -0.15) is 13.2 Å². The van der Waals surface area contributed by atoms with E-state index in [1.165, 1.54) is 4.68 Å². The summed E-state index contributed by atoms with van der Waals surface area (Å²) in [4.78, 5) is 0. The third-order valence-electron chi connectivity index (χ3n) is 2.84. The summed E-state index contributed by atoms with van der Waals surface area (Å²) in [5, 5.41) is 10.0. The van der Waals surface area contributed by atoms with Crippen molar-refractivity contribution in [3.05, 3.63) is 11.9 Å². The fourth-order valence-corrected chi connectivity index (χ4v) is 1.61. The Morgan fingerprint density at radius 2 is 2.18 bits per heavy atom. The quantitative estimate of drug-likeness (QED) is 0.793. The maximum Gasteiger partial charge on any atom is 0.406 e. The zero-order valence-corrected chi connectivity index (χ0v) is 9.17. The predicted molar refractivity (Wildman–Crippen MR) is 53.9 cm³/mol. The molecule has 0 atom stereocenters. The molecule has 0 radical (unpaired) electrons. The van der Waals surface area contributed by atoms with E-state index in [0.717, 1.165) is 0 Å². The molecular weight excluding hydrogens is 235 g/mol. The average Bonchev–Trinajstić information content (AvgIpc) is 2.92. The van der Waals surface area contributed by atoms with Crippen LogP contribution in [-0.4, -0.2) is 33.3 Å². The topological polar surface area (TPSA) is 68.8 Å². The molecule has 1 aromatic heterocycles. The Morgan fingerprint density at radius 1 is 1.47 bits per heavy atom. The number of nitrogens with one attached hydrogen (secondary N) is 1. The van der Waals surface area contributed by atoms with Gasteiger partial charge in [-0.15, -0.1) is 5.10 Å². The first-order chi connectivity index (χ1) is 7.97. The molecule has 3 N–H and O–H groups in total. The Hall–Kier alpha value is -1.15. The largest absolute Gasteiger partial charge is 0.406 e.